The lowest BCUT2D eigenvalue weighted by Crippen LogP contribution is -2.27. The van der Waals surface area contributed by atoms with Gasteiger partial charge in [-0.25, -0.2) is 4.79 Å². The second kappa shape index (κ2) is 7.13. The van der Waals surface area contributed by atoms with Gasteiger partial charge in [-0.05, 0) is 45.0 Å². The van der Waals surface area contributed by atoms with Crippen LogP contribution < -0.4 is 9.47 Å². The molecule has 1 aliphatic rings. The Balaban J connectivity index is 1.51. The molecule has 1 aliphatic heterocycles. The second-order valence-corrected chi connectivity index (χ2v) is 7.76. The number of fused-ring (bicyclic) bond motifs is 2. The van der Waals surface area contributed by atoms with Gasteiger partial charge in [-0.2, -0.15) is 0 Å². The number of H-pyrrole nitrogens is 1. The van der Waals surface area contributed by atoms with Crippen molar-refractivity contribution in [2.75, 3.05) is 6.61 Å². The van der Waals surface area contributed by atoms with E-state index in [1.807, 2.05) is 30.5 Å². The number of Topliss-reactive ketones (excluding diaryl/α,β-unsaturated/α-hetero) is 1. The van der Waals surface area contributed by atoms with E-state index in [1.165, 1.54) is 0 Å². The van der Waals surface area contributed by atoms with Gasteiger partial charge in [0.2, 0.25) is 5.78 Å². The zero-order chi connectivity index (χ0) is 20.6. The summed E-state index contributed by atoms with van der Waals surface area (Å²) in [6.45, 7) is 5.16. The molecule has 2 aromatic carbocycles. The minimum absolute atomic E-state index is 0.191. The SMILES string of the molecule is CC(C)(C)OC(=O)COc1ccc2c(c1)OC(=Cc1c[nH]c3ccccc13)C2=O. The van der Waals surface area contributed by atoms with Crippen LogP contribution in [-0.2, 0) is 9.53 Å². The van der Waals surface area contributed by atoms with Crippen LogP contribution in [0.5, 0.6) is 11.5 Å². The summed E-state index contributed by atoms with van der Waals surface area (Å²) in [5.41, 5.74) is 1.75. The Kier molecular flexibility index (Phi) is 4.62. The molecule has 148 valence electrons. The molecule has 0 atom stereocenters. The molecular weight excluding hydrogens is 370 g/mol. The molecule has 0 bridgehead atoms. The molecule has 6 nitrogen and oxygen atoms in total. The highest BCUT2D eigenvalue weighted by atomic mass is 16.6. The molecule has 6 heteroatoms. The Morgan fingerprint density at radius 3 is 2.76 bits per heavy atom. The van der Waals surface area contributed by atoms with Gasteiger partial charge in [0.1, 0.15) is 17.1 Å². The van der Waals surface area contributed by atoms with E-state index in [4.69, 9.17) is 14.2 Å². The van der Waals surface area contributed by atoms with E-state index in [2.05, 4.69) is 4.98 Å². The van der Waals surface area contributed by atoms with Crippen molar-refractivity contribution in [3.63, 3.8) is 0 Å². The molecule has 2 heterocycles. The number of ketones is 1. The Bertz CT molecular complexity index is 1130. The van der Waals surface area contributed by atoms with Gasteiger partial charge in [0, 0.05) is 28.7 Å². The van der Waals surface area contributed by atoms with Crippen molar-refractivity contribution < 1.29 is 23.8 Å². The normalized spacial score (nSPS) is 14.7. The predicted octanol–water partition coefficient (Wildman–Crippen LogP) is 4.50. The number of aromatic nitrogens is 1. The number of hydrogen-bond acceptors (Lipinski definition) is 5. The minimum Gasteiger partial charge on any atom is -0.482 e. The smallest absolute Gasteiger partial charge is 0.344 e. The molecule has 0 saturated carbocycles. The summed E-state index contributed by atoms with van der Waals surface area (Å²) in [7, 11) is 0. The number of carbonyl (C=O) groups excluding carboxylic acids is 2. The summed E-state index contributed by atoms with van der Waals surface area (Å²) in [6, 6.07) is 12.7. The Labute approximate surface area is 168 Å². The summed E-state index contributed by atoms with van der Waals surface area (Å²) < 4.78 is 16.5. The van der Waals surface area contributed by atoms with E-state index in [-0.39, 0.29) is 18.1 Å². The van der Waals surface area contributed by atoms with Gasteiger partial charge in [0.15, 0.2) is 12.4 Å². The number of ether oxygens (including phenoxy) is 3. The van der Waals surface area contributed by atoms with Gasteiger partial charge in [0.25, 0.3) is 0 Å². The summed E-state index contributed by atoms with van der Waals surface area (Å²) in [6.07, 6.45) is 3.56. The fourth-order valence-corrected chi connectivity index (χ4v) is 3.12. The Morgan fingerprint density at radius 1 is 1.17 bits per heavy atom. The molecule has 29 heavy (non-hydrogen) atoms. The number of aromatic amines is 1. The van der Waals surface area contributed by atoms with Crippen molar-refractivity contribution in [1.29, 1.82) is 0 Å². The lowest BCUT2D eigenvalue weighted by molar-refractivity contribution is -0.157. The molecule has 0 amide bonds. The number of carbonyl (C=O) groups is 2. The third-order valence-electron chi connectivity index (χ3n) is 4.33. The van der Waals surface area contributed by atoms with Crippen LogP contribution in [0.4, 0.5) is 0 Å². The number of nitrogens with one attached hydrogen (secondary N) is 1. The van der Waals surface area contributed by atoms with Gasteiger partial charge in [-0.1, -0.05) is 18.2 Å². The molecule has 1 N–H and O–H groups in total. The van der Waals surface area contributed by atoms with Crippen molar-refractivity contribution >= 4 is 28.7 Å². The maximum absolute atomic E-state index is 12.7. The Hall–Kier alpha value is -3.54. The fraction of sp³-hybridized carbons (Fsp3) is 0.217. The van der Waals surface area contributed by atoms with Crippen LogP contribution in [-0.4, -0.2) is 28.9 Å². The second-order valence-electron chi connectivity index (χ2n) is 7.76. The third-order valence-corrected chi connectivity index (χ3v) is 4.33. The highest BCUT2D eigenvalue weighted by Crippen LogP contribution is 2.35. The average molecular weight is 391 g/mol. The topological polar surface area (TPSA) is 77.6 Å². The summed E-state index contributed by atoms with van der Waals surface area (Å²) in [5, 5.41) is 1.01. The lowest BCUT2D eigenvalue weighted by atomic mass is 10.1. The maximum atomic E-state index is 12.7. The molecular formula is C23H21NO5. The van der Waals surface area contributed by atoms with Crippen molar-refractivity contribution in [2.24, 2.45) is 0 Å². The molecule has 0 radical (unpaired) electrons. The van der Waals surface area contributed by atoms with Crippen molar-refractivity contribution in [3.05, 3.63) is 65.5 Å². The largest absolute Gasteiger partial charge is 0.482 e. The number of allylic oxidation sites excluding steroid dienone is 1. The first-order valence-electron chi connectivity index (χ1n) is 9.29. The van der Waals surface area contributed by atoms with Gasteiger partial charge in [-0.15, -0.1) is 0 Å². The van der Waals surface area contributed by atoms with Gasteiger partial charge >= 0.3 is 5.97 Å². The number of rotatable bonds is 4. The van der Waals surface area contributed by atoms with E-state index in [0.29, 0.717) is 17.1 Å². The van der Waals surface area contributed by atoms with Crippen LogP contribution >= 0.6 is 0 Å². The van der Waals surface area contributed by atoms with Crippen molar-refractivity contribution in [3.8, 4) is 11.5 Å². The predicted molar refractivity (Wildman–Crippen MR) is 109 cm³/mol. The molecule has 1 aromatic heterocycles. The third kappa shape index (κ3) is 4.01. The first kappa shape index (κ1) is 18.8. The van der Waals surface area contributed by atoms with Gasteiger partial charge in [0.05, 0.1) is 5.56 Å². The van der Waals surface area contributed by atoms with Crippen LogP contribution in [0, 0.1) is 0 Å². The van der Waals surface area contributed by atoms with E-state index in [1.54, 1.807) is 45.0 Å². The summed E-state index contributed by atoms with van der Waals surface area (Å²) in [4.78, 5) is 27.7. The minimum atomic E-state index is -0.573. The highest BCUT2D eigenvalue weighted by Gasteiger charge is 2.28. The fourth-order valence-electron chi connectivity index (χ4n) is 3.12. The summed E-state index contributed by atoms with van der Waals surface area (Å²) >= 11 is 0. The number of esters is 1. The monoisotopic (exact) mass is 391 g/mol. The van der Waals surface area contributed by atoms with Crippen molar-refractivity contribution in [1.82, 2.24) is 4.98 Å². The van der Waals surface area contributed by atoms with Crippen LogP contribution in [0.1, 0.15) is 36.7 Å². The van der Waals surface area contributed by atoms with Crippen molar-refractivity contribution in [2.45, 2.75) is 26.4 Å². The average Bonchev–Trinajstić information content (AvgIpc) is 3.20. The van der Waals surface area contributed by atoms with E-state index in [9.17, 15) is 9.59 Å². The quantitative estimate of drug-likeness (QED) is 0.523. The highest BCUT2D eigenvalue weighted by molar-refractivity contribution is 6.15. The van der Waals surface area contributed by atoms with E-state index < -0.39 is 11.6 Å². The zero-order valence-electron chi connectivity index (χ0n) is 16.4. The first-order valence-corrected chi connectivity index (χ1v) is 9.29. The standard InChI is InChI=1S/C23H21NO5/c1-23(2,3)29-21(25)13-27-15-8-9-17-19(11-15)28-20(22(17)26)10-14-12-24-18-7-5-4-6-16(14)18/h4-12,24H,13H2,1-3H3. The van der Waals surface area contributed by atoms with Crippen LogP contribution in [0.2, 0.25) is 0 Å². The van der Waals surface area contributed by atoms with E-state index >= 15 is 0 Å². The van der Waals surface area contributed by atoms with Crippen LogP contribution in [0.15, 0.2) is 54.4 Å². The molecule has 0 aliphatic carbocycles. The number of hydrogen-bond donors (Lipinski definition) is 1. The molecule has 0 saturated heterocycles. The van der Waals surface area contributed by atoms with Crippen LogP contribution in [0.25, 0.3) is 17.0 Å². The number of para-hydroxylation sites is 1. The molecule has 0 fully saturated rings. The van der Waals surface area contributed by atoms with Gasteiger partial charge in [-0.3, -0.25) is 4.79 Å². The molecule has 0 unspecified atom stereocenters. The van der Waals surface area contributed by atoms with Crippen LogP contribution in [0.3, 0.4) is 0 Å². The lowest BCUT2D eigenvalue weighted by Gasteiger charge is -2.19. The van der Waals surface area contributed by atoms with E-state index in [0.717, 1.165) is 16.5 Å². The first-order chi connectivity index (χ1) is 13.8. The van der Waals surface area contributed by atoms with Gasteiger partial charge < -0.3 is 19.2 Å². The summed E-state index contributed by atoms with van der Waals surface area (Å²) in [5.74, 6) is 0.423. The maximum Gasteiger partial charge on any atom is 0.344 e. The Morgan fingerprint density at radius 2 is 1.97 bits per heavy atom. The zero-order valence-corrected chi connectivity index (χ0v) is 16.4. The molecule has 3 aromatic rings. The molecule has 0 spiro atoms. The molecule has 4 rings (SSSR count). The number of benzene rings is 2.